The second-order valence-electron chi connectivity index (χ2n) is 8.77. The largest absolute Gasteiger partial charge is 0.491 e. The van der Waals surface area contributed by atoms with Crippen LogP contribution in [0.2, 0.25) is 0 Å². The number of alkyl halides is 3. The molecule has 9 nitrogen and oxygen atoms in total. The standard InChI is InChI=1S/C27H21F3N4O5/c1-33-21-14-17(12-13-20(21)31-24(33)32-25(37)38-2)26(39-23(36)27(28,29)30)19-11-7-6-10-18(19)22(35)34(26)15-16-8-4-3-5-9-16/h3-14H,15H2,1-2H3,(H,31,32,37). The number of ether oxygens (including phenoxy) is 2. The highest BCUT2D eigenvalue weighted by molar-refractivity contribution is 6.01. The molecule has 2 amide bonds. The highest BCUT2D eigenvalue weighted by Gasteiger charge is 2.57. The number of aryl methyl sites for hydroxylation is 1. The van der Waals surface area contributed by atoms with E-state index < -0.39 is 29.9 Å². The normalized spacial score (nSPS) is 16.7. The maximum atomic E-state index is 13.7. The van der Waals surface area contributed by atoms with Crippen molar-refractivity contribution in [1.29, 1.82) is 0 Å². The van der Waals surface area contributed by atoms with Gasteiger partial charge in [0.25, 0.3) is 5.91 Å². The minimum Gasteiger partial charge on any atom is -0.453 e. The molecule has 0 bridgehead atoms. The molecule has 12 heteroatoms. The van der Waals surface area contributed by atoms with Crippen LogP contribution in [0, 0.1) is 0 Å². The molecule has 1 aliphatic rings. The smallest absolute Gasteiger partial charge is 0.453 e. The summed E-state index contributed by atoms with van der Waals surface area (Å²) >= 11 is 0. The van der Waals surface area contributed by atoms with E-state index in [0.717, 1.165) is 4.90 Å². The zero-order chi connectivity index (χ0) is 27.9. The lowest BCUT2D eigenvalue weighted by molar-refractivity contribution is -0.222. The average Bonchev–Trinajstić information content (AvgIpc) is 3.35. The molecule has 0 radical (unpaired) electrons. The van der Waals surface area contributed by atoms with E-state index in [-0.39, 0.29) is 29.2 Å². The lowest BCUT2D eigenvalue weighted by Gasteiger charge is -2.39. The minimum absolute atomic E-state index is 0.0782. The predicted octanol–water partition coefficient (Wildman–Crippen LogP) is 4.71. The minimum atomic E-state index is -5.33. The second-order valence-corrected chi connectivity index (χ2v) is 8.77. The number of carbonyl (C=O) groups is 3. The van der Waals surface area contributed by atoms with Gasteiger partial charge in [-0.25, -0.2) is 14.6 Å². The van der Waals surface area contributed by atoms with Gasteiger partial charge in [-0.15, -0.1) is 0 Å². The molecule has 4 aromatic rings. The van der Waals surface area contributed by atoms with Crippen LogP contribution < -0.4 is 5.32 Å². The van der Waals surface area contributed by atoms with Gasteiger partial charge in [0.2, 0.25) is 11.7 Å². The van der Waals surface area contributed by atoms with Crippen LogP contribution in [0.15, 0.2) is 72.8 Å². The van der Waals surface area contributed by atoms with Crippen molar-refractivity contribution < 1.29 is 37.0 Å². The van der Waals surface area contributed by atoms with Gasteiger partial charge in [0.05, 0.1) is 24.7 Å². The fourth-order valence-electron chi connectivity index (χ4n) is 4.68. The molecule has 200 valence electrons. The Labute approximate surface area is 219 Å². The summed E-state index contributed by atoms with van der Waals surface area (Å²) in [5.74, 6) is -2.95. The number of hydrogen-bond donors (Lipinski definition) is 1. The SMILES string of the molecule is COC(=O)Nc1nc2ccc(C3(OC(=O)C(F)(F)F)c4ccccc4C(=O)N3Cc3ccccc3)cc2n1C. The summed E-state index contributed by atoms with van der Waals surface area (Å²) in [6.45, 7) is -0.155. The summed E-state index contributed by atoms with van der Waals surface area (Å²) < 4.78 is 52.4. The zero-order valence-electron chi connectivity index (χ0n) is 20.7. The van der Waals surface area contributed by atoms with E-state index in [9.17, 15) is 27.6 Å². The molecule has 1 aromatic heterocycles. The van der Waals surface area contributed by atoms with E-state index in [1.807, 2.05) is 0 Å². The Bertz CT molecular complexity index is 1600. The molecule has 1 atom stereocenters. The predicted molar refractivity (Wildman–Crippen MR) is 132 cm³/mol. The summed E-state index contributed by atoms with van der Waals surface area (Å²) in [4.78, 5) is 43.3. The lowest BCUT2D eigenvalue weighted by atomic mass is 9.92. The summed E-state index contributed by atoms with van der Waals surface area (Å²) in [7, 11) is 2.76. The van der Waals surface area contributed by atoms with E-state index >= 15 is 0 Å². The maximum absolute atomic E-state index is 13.7. The molecular formula is C27H21F3N4O5. The molecule has 5 rings (SSSR count). The van der Waals surface area contributed by atoms with Gasteiger partial charge >= 0.3 is 18.2 Å². The number of fused-ring (bicyclic) bond motifs is 2. The second kappa shape index (κ2) is 9.46. The van der Waals surface area contributed by atoms with Crippen LogP contribution in [0.25, 0.3) is 11.0 Å². The van der Waals surface area contributed by atoms with Gasteiger partial charge in [-0.2, -0.15) is 13.2 Å². The number of esters is 1. The molecule has 0 fully saturated rings. The average molecular weight is 538 g/mol. The molecule has 1 N–H and O–H groups in total. The molecule has 0 saturated heterocycles. The molecule has 0 saturated carbocycles. The van der Waals surface area contributed by atoms with E-state index in [0.29, 0.717) is 16.6 Å². The Balaban J connectivity index is 1.75. The number of nitrogens with zero attached hydrogens (tertiary/aromatic N) is 3. The Morgan fingerprint density at radius 2 is 1.72 bits per heavy atom. The number of nitrogens with one attached hydrogen (secondary N) is 1. The third-order valence-electron chi connectivity index (χ3n) is 6.47. The van der Waals surface area contributed by atoms with Crippen LogP contribution in [0.3, 0.4) is 0 Å². The maximum Gasteiger partial charge on any atom is 0.491 e. The molecule has 1 aliphatic heterocycles. The third kappa shape index (κ3) is 4.33. The van der Waals surface area contributed by atoms with Gasteiger partial charge in [-0.1, -0.05) is 54.6 Å². The number of halogens is 3. The number of carbonyl (C=O) groups excluding carboxylic acids is 3. The van der Waals surface area contributed by atoms with Gasteiger partial charge in [-0.05, 0) is 23.8 Å². The van der Waals surface area contributed by atoms with Gasteiger partial charge in [0.15, 0.2) is 0 Å². The molecule has 0 spiro atoms. The zero-order valence-corrected chi connectivity index (χ0v) is 20.7. The van der Waals surface area contributed by atoms with Crippen LogP contribution in [-0.4, -0.2) is 45.7 Å². The molecule has 2 heterocycles. The number of hydrogen-bond acceptors (Lipinski definition) is 6. The van der Waals surface area contributed by atoms with Crippen molar-refractivity contribution in [3.8, 4) is 0 Å². The Hall–Kier alpha value is -4.87. The van der Waals surface area contributed by atoms with Crippen molar-refractivity contribution in [2.75, 3.05) is 12.4 Å². The van der Waals surface area contributed by atoms with Gasteiger partial charge in [0, 0.05) is 23.7 Å². The molecular weight excluding hydrogens is 517 g/mol. The van der Waals surface area contributed by atoms with Gasteiger partial charge in [-0.3, -0.25) is 15.0 Å². The summed E-state index contributed by atoms with van der Waals surface area (Å²) in [6.07, 6.45) is -6.10. The topological polar surface area (TPSA) is 103 Å². The number of methoxy groups -OCH3 is 1. The molecule has 1 unspecified atom stereocenters. The first-order valence-electron chi connectivity index (χ1n) is 11.6. The van der Waals surface area contributed by atoms with Gasteiger partial charge in [0.1, 0.15) is 0 Å². The summed E-state index contributed by atoms with van der Waals surface area (Å²) in [5, 5.41) is 2.46. The van der Waals surface area contributed by atoms with Crippen molar-refractivity contribution in [2.24, 2.45) is 7.05 Å². The summed E-state index contributed by atoms with van der Waals surface area (Å²) in [5.41, 5.74) is -0.619. The van der Waals surface area contributed by atoms with E-state index in [4.69, 9.17) is 4.74 Å². The Kier molecular flexibility index (Phi) is 6.25. The quantitative estimate of drug-likeness (QED) is 0.369. The van der Waals surface area contributed by atoms with Crippen LogP contribution in [0.4, 0.5) is 23.9 Å². The fraction of sp³-hybridized carbons (Fsp3) is 0.185. The van der Waals surface area contributed by atoms with Crippen LogP contribution in [-0.2, 0) is 33.6 Å². The van der Waals surface area contributed by atoms with Crippen LogP contribution in [0.1, 0.15) is 27.0 Å². The third-order valence-corrected chi connectivity index (χ3v) is 6.47. The molecule has 3 aromatic carbocycles. The number of benzene rings is 3. The number of rotatable bonds is 5. The Morgan fingerprint density at radius 1 is 1.03 bits per heavy atom. The van der Waals surface area contributed by atoms with E-state index in [1.165, 1.54) is 42.0 Å². The first-order valence-corrected chi connectivity index (χ1v) is 11.6. The van der Waals surface area contributed by atoms with Crippen LogP contribution in [0.5, 0.6) is 0 Å². The van der Waals surface area contributed by atoms with E-state index in [1.54, 1.807) is 49.5 Å². The Morgan fingerprint density at radius 3 is 2.41 bits per heavy atom. The number of imidazole rings is 1. The van der Waals surface area contributed by atoms with E-state index in [2.05, 4.69) is 15.0 Å². The lowest BCUT2D eigenvalue weighted by Crippen LogP contribution is -2.49. The number of amides is 2. The van der Waals surface area contributed by atoms with Crippen molar-refractivity contribution in [1.82, 2.24) is 14.5 Å². The monoisotopic (exact) mass is 538 g/mol. The van der Waals surface area contributed by atoms with Crippen molar-refractivity contribution >= 4 is 35.0 Å². The van der Waals surface area contributed by atoms with Crippen molar-refractivity contribution in [3.63, 3.8) is 0 Å². The first-order chi connectivity index (χ1) is 18.6. The fourth-order valence-corrected chi connectivity index (χ4v) is 4.68. The van der Waals surface area contributed by atoms with Crippen molar-refractivity contribution in [3.05, 3.63) is 95.1 Å². The van der Waals surface area contributed by atoms with Crippen molar-refractivity contribution in [2.45, 2.75) is 18.4 Å². The summed E-state index contributed by atoms with van der Waals surface area (Å²) in [6, 6.07) is 19.1. The molecule has 39 heavy (non-hydrogen) atoms. The number of anilines is 1. The molecule has 0 aliphatic carbocycles. The highest BCUT2D eigenvalue weighted by atomic mass is 19.4. The van der Waals surface area contributed by atoms with Crippen LogP contribution >= 0.6 is 0 Å². The first kappa shape index (κ1) is 25.8. The highest BCUT2D eigenvalue weighted by Crippen LogP contribution is 2.47. The number of aromatic nitrogens is 2. The van der Waals surface area contributed by atoms with Gasteiger partial charge < -0.3 is 14.0 Å².